The number of aliphatic carboxylic acids is 1. The molecule has 1 rings (SSSR count). The van der Waals surface area contributed by atoms with E-state index in [4.69, 9.17) is 5.11 Å². The monoisotopic (exact) mass is 249 g/mol. The molecule has 0 aliphatic heterocycles. The highest BCUT2D eigenvalue weighted by atomic mass is 16.4. The molecule has 0 fully saturated rings. The van der Waals surface area contributed by atoms with Gasteiger partial charge in [0.1, 0.15) is 6.04 Å². The number of carbonyl (C=O) groups is 2. The van der Waals surface area contributed by atoms with Gasteiger partial charge in [-0.25, -0.2) is 4.79 Å². The van der Waals surface area contributed by atoms with Crippen molar-refractivity contribution in [2.75, 3.05) is 0 Å². The zero-order valence-corrected chi connectivity index (χ0v) is 10.8. The lowest BCUT2D eigenvalue weighted by atomic mass is 10.0. The number of carboxylic acid groups (broad SMARTS) is 1. The van der Waals surface area contributed by atoms with Crippen LogP contribution in [0, 0.1) is 0 Å². The lowest BCUT2D eigenvalue weighted by Crippen LogP contribution is -2.40. The summed E-state index contributed by atoms with van der Waals surface area (Å²) in [6.07, 6.45) is 1.90. The summed E-state index contributed by atoms with van der Waals surface area (Å²) >= 11 is 0. The van der Waals surface area contributed by atoms with Crippen molar-refractivity contribution in [1.29, 1.82) is 0 Å². The van der Waals surface area contributed by atoms with Gasteiger partial charge < -0.3 is 10.4 Å². The maximum absolute atomic E-state index is 12.0. The first-order valence-electron chi connectivity index (χ1n) is 6.21. The van der Waals surface area contributed by atoms with Gasteiger partial charge in [-0.1, -0.05) is 38.5 Å². The summed E-state index contributed by atoms with van der Waals surface area (Å²) < 4.78 is 0. The molecule has 0 unspecified atom stereocenters. The number of benzene rings is 1. The number of carbonyl (C=O) groups excluding carboxylic acids is 1. The van der Waals surface area contributed by atoms with Crippen LogP contribution in [-0.4, -0.2) is 23.0 Å². The fourth-order valence-corrected chi connectivity index (χ4v) is 1.83. The van der Waals surface area contributed by atoms with Gasteiger partial charge in [0.2, 0.25) is 0 Å². The lowest BCUT2D eigenvalue weighted by molar-refractivity contribution is -0.139. The Morgan fingerprint density at radius 1 is 1.28 bits per heavy atom. The number of nitrogens with one attached hydrogen (secondary N) is 1. The molecule has 0 aliphatic carbocycles. The van der Waals surface area contributed by atoms with Crippen molar-refractivity contribution in [3.05, 3.63) is 35.4 Å². The van der Waals surface area contributed by atoms with Gasteiger partial charge >= 0.3 is 5.97 Å². The van der Waals surface area contributed by atoms with Crippen molar-refractivity contribution in [3.63, 3.8) is 0 Å². The highest BCUT2D eigenvalue weighted by Crippen LogP contribution is 2.10. The van der Waals surface area contributed by atoms with Gasteiger partial charge in [0, 0.05) is 5.56 Å². The van der Waals surface area contributed by atoms with Crippen LogP contribution in [0.25, 0.3) is 0 Å². The van der Waals surface area contributed by atoms with Crippen molar-refractivity contribution in [1.82, 2.24) is 5.32 Å². The average Bonchev–Trinajstić information content (AvgIpc) is 2.37. The van der Waals surface area contributed by atoms with Crippen molar-refractivity contribution < 1.29 is 14.7 Å². The molecule has 2 N–H and O–H groups in total. The van der Waals surface area contributed by atoms with Crippen molar-refractivity contribution >= 4 is 11.9 Å². The van der Waals surface area contributed by atoms with Crippen LogP contribution in [0.5, 0.6) is 0 Å². The highest BCUT2D eigenvalue weighted by molar-refractivity contribution is 5.97. The van der Waals surface area contributed by atoms with E-state index < -0.39 is 12.0 Å². The molecule has 0 radical (unpaired) electrons. The van der Waals surface area contributed by atoms with Gasteiger partial charge in [0.05, 0.1) is 0 Å². The van der Waals surface area contributed by atoms with Gasteiger partial charge in [-0.2, -0.15) is 0 Å². The quantitative estimate of drug-likeness (QED) is 0.812. The molecule has 4 heteroatoms. The molecule has 1 amide bonds. The first-order chi connectivity index (χ1) is 8.60. The Morgan fingerprint density at radius 3 is 2.50 bits per heavy atom. The molecular weight excluding hydrogens is 230 g/mol. The normalized spacial score (nSPS) is 11.9. The van der Waals surface area contributed by atoms with E-state index in [0.717, 1.165) is 12.0 Å². The van der Waals surface area contributed by atoms with Gasteiger partial charge in [0.25, 0.3) is 5.91 Å². The standard InChI is InChI=1S/C14H19NO3/c1-3-7-12(14(17)18)15-13(16)11-9-6-5-8-10(11)4-2/h5-6,8-9,12H,3-4,7H2,1-2H3,(H,15,16)(H,17,18)/t12-/m0/s1. The molecule has 98 valence electrons. The van der Waals surface area contributed by atoms with E-state index in [1.807, 2.05) is 26.0 Å². The van der Waals surface area contributed by atoms with Crippen LogP contribution >= 0.6 is 0 Å². The Bertz CT molecular complexity index is 429. The zero-order chi connectivity index (χ0) is 13.5. The molecule has 0 bridgehead atoms. The van der Waals surface area contributed by atoms with Crippen LogP contribution in [0.1, 0.15) is 42.6 Å². The Kier molecular flexibility index (Phi) is 5.36. The Hall–Kier alpha value is -1.84. The lowest BCUT2D eigenvalue weighted by Gasteiger charge is -2.15. The summed E-state index contributed by atoms with van der Waals surface area (Å²) in [6, 6.07) is 6.44. The summed E-state index contributed by atoms with van der Waals surface area (Å²) in [4.78, 5) is 23.0. The fourth-order valence-electron chi connectivity index (χ4n) is 1.83. The smallest absolute Gasteiger partial charge is 0.326 e. The largest absolute Gasteiger partial charge is 0.480 e. The third-order valence-corrected chi connectivity index (χ3v) is 2.82. The number of hydrogen-bond acceptors (Lipinski definition) is 2. The van der Waals surface area contributed by atoms with E-state index >= 15 is 0 Å². The molecular formula is C14H19NO3. The molecule has 0 saturated carbocycles. The number of amides is 1. The second-order valence-corrected chi connectivity index (χ2v) is 4.16. The Balaban J connectivity index is 2.83. The van der Waals surface area contributed by atoms with Crippen LogP contribution in [-0.2, 0) is 11.2 Å². The predicted octanol–water partition coefficient (Wildman–Crippen LogP) is 2.23. The maximum Gasteiger partial charge on any atom is 0.326 e. The fraction of sp³-hybridized carbons (Fsp3) is 0.429. The summed E-state index contributed by atoms with van der Waals surface area (Å²) in [5.74, 6) is -1.30. The molecule has 1 atom stereocenters. The highest BCUT2D eigenvalue weighted by Gasteiger charge is 2.20. The average molecular weight is 249 g/mol. The molecule has 4 nitrogen and oxygen atoms in total. The van der Waals surface area contributed by atoms with Crippen molar-refractivity contribution in [2.24, 2.45) is 0 Å². The zero-order valence-electron chi connectivity index (χ0n) is 10.8. The first-order valence-corrected chi connectivity index (χ1v) is 6.21. The third kappa shape index (κ3) is 3.58. The molecule has 0 spiro atoms. The number of hydrogen-bond donors (Lipinski definition) is 2. The number of rotatable bonds is 6. The minimum Gasteiger partial charge on any atom is -0.480 e. The van der Waals surface area contributed by atoms with E-state index in [-0.39, 0.29) is 5.91 Å². The second-order valence-electron chi connectivity index (χ2n) is 4.16. The molecule has 18 heavy (non-hydrogen) atoms. The number of aryl methyl sites for hydroxylation is 1. The minimum absolute atomic E-state index is 0.312. The van der Waals surface area contributed by atoms with E-state index in [0.29, 0.717) is 18.4 Å². The van der Waals surface area contributed by atoms with E-state index in [1.54, 1.807) is 12.1 Å². The van der Waals surface area contributed by atoms with Crippen LogP contribution in [0.4, 0.5) is 0 Å². The summed E-state index contributed by atoms with van der Waals surface area (Å²) in [6.45, 7) is 3.86. The summed E-state index contributed by atoms with van der Waals surface area (Å²) in [7, 11) is 0. The van der Waals surface area contributed by atoms with Gasteiger partial charge in [-0.3, -0.25) is 4.79 Å². The van der Waals surface area contributed by atoms with Crippen LogP contribution in [0.2, 0.25) is 0 Å². The number of carboxylic acids is 1. The minimum atomic E-state index is -0.987. The van der Waals surface area contributed by atoms with Crippen LogP contribution < -0.4 is 5.32 Å². The van der Waals surface area contributed by atoms with E-state index in [2.05, 4.69) is 5.32 Å². The SMILES string of the molecule is CCC[C@H](NC(=O)c1ccccc1CC)C(=O)O. The van der Waals surface area contributed by atoms with Crippen LogP contribution in [0.3, 0.4) is 0 Å². The Morgan fingerprint density at radius 2 is 1.94 bits per heavy atom. The molecule has 1 aromatic rings. The first kappa shape index (κ1) is 14.2. The molecule has 1 aromatic carbocycles. The molecule has 0 saturated heterocycles. The van der Waals surface area contributed by atoms with Gasteiger partial charge in [-0.05, 0) is 24.5 Å². The topological polar surface area (TPSA) is 66.4 Å². The van der Waals surface area contributed by atoms with Gasteiger partial charge in [-0.15, -0.1) is 0 Å². The van der Waals surface area contributed by atoms with Crippen LogP contribution in [0.15, 0.2) is 24.3 Å². The molecule has 0 aromatic heterocycles. The second kappa shape index (κ2) is 6.79. The molecule has 0 heterocycles. The Labute approximate surface area is 107 Å². The maximum atomic E-state index is 12.0. The predicted molar refractivity (Wildman–Crippen MR) is 69.6 cm³/mol. The van der Waals surface area contributed by atoms with E-state index in [1.165, 1.54) is 0 Å². The third-order valence-electron chi connectivity index (χ3n) is 2.82. The van der Waals surface area contributed by atoms with Crippen molar-refractivity contribution in [2.45, 2.75) is 39.2 Å². The van der Waals surface area contributed by atoms with Crippen molar-refractivity contribution in [3.8, 4) is 0 Å². The molecule has 0 aliphatic rings. The summed E-state index contributed by atoms with van der Waals surface area (Å²) in [5.41, 5.74) is 1.48. The van der Waals surface area contributed by atoms with E-state index in [9.17, 15) is 9.59 Å². The summed E-state index contributed by atoms with van der Waals surface area (Å²) in [5, 5.41) is 11.6. The van der Waals surface area contributed by atoms with Gasteiger partial charge in [0.15, 0.2) is 0 Å².